The first-order valence-corrected chi connectivity index (χ1v) is 11.8. The second-order valence-corrected chi connectivity index (χ2v) is 9.22. The van der Waals surface area contributed by atoms with Crippen LogP contribution in [0.15, 0.2) is 42.6 Å². The van der Waals surface area contributed by atoms with E-state index >= 15 is 0 Å². The van der Waals surface area contributed by atoms with Crippen LogP contribution in [0.25, 0.3) is 22.0 Å². The fourth-order valence-electron chi connectivity index (χ4n) is 4.34. The van der Waals surface area contributed by atoms with Crippen LogP contribution in [0, 0.1) is 12.3 Å². The van der Waals surface area contributed by atoms with Crippen LogP contribution in [0.2, 0.25) is 5.02 Å². The third kappa shape index (κ3) is 4.82. The van der Waals surface area contributed by atoms with Crippen LogP contribution in [0.1, 0.15) is 42.5 Å². The van der Waals surface area contributed by atoms with Crippen LogP contribution >= 0.6 is 11.6 Å². The van der Waals surface area contributed by atoms with Crippen molar-refractivity contribution >= 4 is 40.3 Å². The van der Waals surface area contributed by atoms with Gasteiger partial charge < -0.3 is 16.0 Å². The van der Waals surface area contributed by atoms with Gasteiger partial charge in [-0.05, 0) is 73.9 Å². The molecule has 8 heteroatoms. The van der Waals surface area contributed by atoms with Crippen molar-refractivity contribution in [2.24, 2.45) is 0 Å². The number of hydrogen-bond acceptors (Lipinski definition) is 5. The zero-order valence-corrected chi connectivity index (χ0v) is 19.2. The van der Waals surface area contributed by atoms with Crippen molar-refractivity contribution in [2.75, 3.05) is 5.32 Å². The van der Waals surface area contributed by atoms with Gasteiger partial charge in [-0.3, -0.25) is 9.59 Å². The zero-order chi connectivity index (χ0) is 23.7. The number of hydrogen-bond donors (Lipinski definition) is 3. The van der Waals surface area contributed by atoms with Crippen LogP contribution in [-0.4, -0.2) is 39.9 Å². The summed E-state index contributed by atoms with van der Waals surface area (Å²) in [4.78, 5) is 33.2. The van der Waals surface area contributed by atoms with Crippen LogP contribution in [0.3, 0.4) is 0 Å². The Hall–Kier alpha value is -3.63. The molecular weight excluding hydrogens is 450 g/mol. The number of nitrogens with zero attached hydrogens (tertiary/aromatic N) is 2. The molecule has 0 spiro atoms. The lowest BCUT2D eigenvalue weighted by molar-refractivity contribution is -0.116. The van der Waals surface area contributed by atoms with Crippen molar-refractivity contribution in [3.8, 4) is 23.5 Å². The molecule has 2 aromatic carbocycles. The minimum absolute atomic E-state index is 0.0253. The number of benzene rings is 2. The molecule has 1 heterocycles. The molecule has 2 saturated carbocycles. The van der Waals surface area contributed by atoms with Gasteiger partial charge in [0.1, 0.15) is 0 Å². The van der Waals surface area contributed by atoms with E-state index in [0.717, 1.165) is 54.1 Å². The van der Waals surface area contributed by atoms with E-state index in [4.69, 9.17) is 18.0 Å². The van der Waals surface area contributed by atoms with E-state index < -0.39 is 5.91 Å². The quantitative estimate of drug-likeness (QED) is 0.471. The fraction of sp³-hybridized carbons (Fsp3) is 0.308. The predicted molar refractivity (Wildman–Crippen MR) is 132 cm³/mol. The second-order valence-electron chi connectivity index (χ2n) is 8.82. The maximum Gasteiger partial charge on any atom is 0.295 e. The summed E-state index contributed by atoms with van der Waals surface area (Å²) in [6.07, 6.45) is 11.8. The van der Waals surface area contributed by atoms with E-state index in [1.807, 2.05) is 24.3 Å². The number of anilines is 1. The highest BCUT2D eigenvalue weighted by Gasteiger charge is 2.29. The molecule has 2 fully saturated rings. The first-order chi connectivity index (χ1) is 16.5. The van der Waals surface area contributed by atoms with Crippen molar-refractivity contribution in [2.45, 2.75) is 50.2 Å². The molecule has 172 valence electrons. The summed E-state index contributed by atoms with van der Waals surface area (Å²) in [7, 11) is 0. The second kappa shape index (κ2) is 9.32. The van der Waals surface area contributed by atoms with Crippen molar-refractivity contribution < 1.29 is 9.59 Å². The first-order valence-electron chi connectivity index (χ1n) is 11.4. The Morgan fingerprint density at radius 2 is 1.85 bits per heavy atom. The molecule has 0 saturated heterocycles. The van der Waals surface area contributed by atoms with Gasteiger partial charge in [-0.15, -0.1) is 6.42 Å². The lowest BCUT2D eigenvalue weighted by Crippen LogP contribution is -2.43. The van der Waals surface area contributed by atoms with E-state index in [-0.39, 0.29) is 18.0 Å². The van der Waals surface area contributed by atoms with Gasteiger partial charge in [0.25, 0.3) is 11.8 Å². The third-order valence-electron chi connectivity index (χ3n) is 6.31. The molecule has 2 aliphatic rings. The molecular formula is C26H24ClN5O2. The number of terminal acetylenes is 1. The number of nitrogens with one attached hydrogen (secondary N) is 3. The normalized spacial score (nSPS) is 19.4. The standard InChI is InChI=1S/C26H24ClN5O2/c1-2-24(33)30-22-4-3-5-23(22)32-26-28-14-17-12-15(7-11-21(17)31-26)19-13-16(6-10-20(19)27)25(34)29-18-8-9-18/h1,6-7,10-14,18,22-23H,3-5,8-9H2,(H,29,34)(H,30,33)(H,28,31,32). The Morgan fingerprint density at radius 3 is 2.65 bits per heavy atom. The Kier molecular flexibility index (Phi) is 6.08. The van der Waals surface area contributed by atoms with E-state index in [1.54, 1.807) is 18.3 Å². The van der Waals surface area contributed by atoms with E-state index in [9.17, 15) is 9.59 Å². The first kappa shape index (κ1) is 22.2. The van der Waals surface area contributed by atoms with E-state index in [2.05, 4.69) is 31.8 Å². The van der Waals surface area contributed by atoms with Crippen LogP contribution in [0.4, 0.5) is 5.95 Å². The van der Waals surface area contributed by atoms with Crippen LogP contribution in [0.5, 0.6) is 0 Å². The molecule has 3 aromatic rings. The van der Waals surface area contributed by atoms with Gasteiger partial charge >= 0.3 is 0 Å². The average molecular weight is 474 g/mol. The molecule has 5 rings (SSSR count). The number of amides is 2. The van der Waals surface area contributed by atoms with E-state index in [0.29, 0.717) is 22.6 Å². The third-order valence-corrected chi connectivity index (χ3v) is 6.64. The highest BCUT2D eigenvalue weighted by molar-refractivity contribution is 6.33. The van der Waals surface area contributed by atoms with Crippen molar-refractivity contribution in [3.05, 3.63) is 53.2 Å². The molecule has 0 radical (unpaired) electrons. The minimum atomic E-state index is -0.404. The van der Waals surface area contributed by atoms with Crippen LogP contribution in [-0.2, 0) is 4.79 Å². The number of fused-ring (bicyclic) bond motifs is 1. The van der Waals surface area contributed by atoms with Gasteiger partial charge in [0.15, 0.2) is 0 Å². The molecule has 7 nitrogen and oxygen atoms in total. The van der Waals surface area contributed by atoms with Gasteiger partial charge in [0.05, 0.1) is 5.52 Å². The average Bonchev–Trinajstić information content (AvgIpc) is 3.56. The molecule has 3 N–H and O–H groups in total. The van der Waals surface area contributed by atoms with Gasteiger partial charge in [-0.25, -0.2) is 9.97 Å². The minimum Gasteiger partial charge on any atom is -0.349 e. The maximum atomic E-state index is 12.5. The molecule has 2 amide bonds. The highest BCUT2D eigenvalue weighted by atomic mass is 35.5. The Morgan fingerprint density at radius 1 is 1.03 bits per heavy atom. The van der Waals surface area contributed by atoms with Gasteiger partial charge in [0, 0.05) is 45.9 Å². The van der Waals surface area contributed by atoms with Crippen LogP contribution < -0.4 is 16.0 Å². The lowest BCUT2D eigenvalue weighted by atomic mass is 10.0. The lowest BCUT2D eigenvalue weighted by Gasteiger charge is -2.21. The smallest absolute Gasteiger partial charge is 0.295 e. The van der Waals surface area contributed by atoms with Gasteiger partial charge in [-0.1, -0.05) is 17.7 Å². The van der Waals surface area contributed by atoms with Crippen molar-refractivity contribution in [1.82, 2.24) is 20.6 Å². The number of aromatic nitrogens is 2. The molecule has 0 aliphatic heterocycles. The molecule has 0 bridgehead atoms. The summed E-state index contributed by atoms with van der Waals surface area (Å²) < 4.78 is 0. The summed E-state index contributed by atoms with van der Waals surface area (Å²) in [5.74, 6) is 2.12. The summed E-state index contributed by atoms with van der Waals surface area (Å²) in [5, 5.41) is 10.6. The fourth-order valence-corrected chi connectivity index (χ4v) is 4.56. The molecule has 1 aromatic heterocycles. The largest absolute Gasteiger partial charge is 0.349 e. The van der Waals surface area contributed by atoms with Gasteiger partial charge in [-0.2, -0.15) is 0 Å². The Bertz CT molecular complexity index is 1310. The molecule has 2 atom stereocenters. The molecule has 2 unspecified atom stereocenters. The van der Waals surface area contributed by atoms with Crippen molar-refractivity contribution in [3.63, 3.8) is 0 Å². The molecule has 2 aliphatic carbocycles. The Balaban J connectivity index is 1.36. The Labute approximate surface area is 202 Å². The number of carbonyl (C=O) groups excluding carboxylic acids is 2. The summed E-state index contributed by atoms with van der Waals surface area (Å²) in [6.45, 7) is 0. The number of carbonyl (C=O) groups is 2. The maximum absolute atomic E-state index is 12.5. The summed E-state index contributed by atoms with van der Waals surface area (Å²) in [6, 6.07) is 11.4. The zero-order valence-electron chi connectivity index (χ0n) is 18.5. The topological polar surface area (TPSA) is 96.0 Å². The summed E-state index contributed by atoms with van der Waals surface area (Å²) in [5.41, 5.74) is 3.04. The molecule has 34 heavy (non-hydrogen) atoms. The predicted octanol–water partition coefficient (Wildman–Crippen LogP) is 3.92. The SMILES string of the molecule is C#CC(=O)NC1CCCC1Nc1ncc2cc(-c3cc(C(=O)NC4CC4)ccc3Cl)ccc2n1. The summed E-state index contributed by atoms with van der Waals surface area (Å²) >= 11 is 6.47. The van der Waals surface area contributed by atoms with Crippen molar-refractivity contribution in [1.29, 1.82) is 0 Å². The van der Waals surface area contributed by atoms with E-state index in [1.165, 1.54) is 0 Å². The number of halogens is 1. The monoisotopic (exact) mass is 473 g/mol. The number of rotatable bonds is 6. The highest BCUT2D eigenvalue weighted by Crippen LogP contribution is 2.32. The van der Waals surface area contributed by atoms with Gasteiger partial charge in [0.2, 0.25) is 5.95 Å².